The average Bonchev–Trinajstić information content (AvgIpc) is 3.15. The minimum atomic E-state index is -0.972. The predicted octanol–water partition coefficient (Wildman–Crippen LogP) is 0.801. The number of likely N-dealkylation sites (tertiary alicyclic amines) is 1. The number of rotatable bonds is 4. The number of carbonyl (C=O) groups is 2. The van der Waals surface area contributed by atoms with E-state index in [1.54, 1.807) is 23.1 Å². The molecule has 2 fully saturated rings. The number of carboxylic acid groups (broad SMARTS) is 1. The number of phenolic OH excluding ortho intramolecular Hbond substituents is 1. The molecule has 6 heteroatoms. The molecule has 3 aliphatic heterocycles. The summed E-state index contributed by atoms with van der Waals surface area (Å²) in [7, 11) is 0. The van der Waals surface area contributed by atoms with Crippen molar-refractivity contribution in [2.75, 3.05) is 13.1 Å². The van der Waals surface area contributed by atoms with Crippen LogP contribution in [0.3, 0.4) is 0 Å². The van der Waals surface area contributed by atoms with E-state index in [2.05, 4.69) is 0 Å². The third-order valence-corrected chi connectivity index (χ3v) is 5.07. The van der Waals surface area contributed by atoms with Gasteiger partial charge in [0.25, 0.3) is 0 Å². The van der Waals surface area contributed by atoms with Crippen LogP contribution < -0.4 is 0 Å². The van der Waals surface area contributed by atoms with E-state index in [9.17, 15) is 19.8 Å². The van der Waals surface area contributed by atoms with E-state index < -0.39 is 29.5 Å². The highest BCUT2D eigenvalue weighted by Gasteiger charge is 2.66. The summed E-state index contributed by atoms with van der Waals surface area (Å²) in [5.74, 6) is -2.30. The van der Waals surface area contributed by atoms with E-state index >= 15 is 0 Å². The van der Waals surface area contributed by atoms with Crippen LogP contribution in [-0.4, -0.2) is 51.8 Å². The Morgan fingerprint density at radius 2 is 2.09 bits per heavy atom. The molecule has 0 aromatic heterocycles. The Morgan fingerprint density at radius 3 is 2.78 bits per heavy atom. The highest BCUT2D eigenvalue weighted by atomic mass is 16.5. The Labute approximate surface area is 133 Å². The summed E-state index contributed by atoms with van der Waals surface area (Å²) >= 11 is 0. The highest BCUT2D eigenvalue weighted by molar-refractivity contribution is 5.90. The number of nitrogens with zero attached hydrogens (tertiary/aromatic N) is 1. The molecule has 1 aromatic rings. The number of benzene rings is 1. The molecule has 2 bridgehead atoms. The summed E-state index contributed by atoms with van der Waals surface area (Å²) < 4.78 is 5.84. The topological polar surface area (TPSA) is 87.1 Å². The van der Waals surface area contributed by atoms with Crippen molar-refractivity contribution < 1.29 is 24.5 Å². The Kier molecular flexibility index (Phi) is 2.99. The molecule has 4 unspecified atom stereocenters. The van der Waals surface area contributed by atoms with E-state index in [0.29, 0.717) is 19.5 Å². The molecule has 1 spiro atoms. The monoisotopic (exact) mass is 315 g/mol. The number of carbonyl (C=O) groups excluding carboxylic acids is 1. The minimum absolute atomic E-state index is 0.136. The van der Waals surface area contributed by atoms with E-state index in [1.807, 2.05) is 18.2 Å². The van der Waals surface area contributed by atoms with Crippen LogP contribution in [-0.2, 0) is 20.7 Å². The number of carboxylic acids is 1. The Hall–Kier alpha value is -2.34. The molecule has 4 atom stereocenters. The van der Waals surface area contributed by atoms with Crippen molar-refractivity contribution in [2.24, 2.45) is 11.8 Å². The zero-order valence-electron chi connectivity index (χ0n) is 12.4. The van der Waals surface area contributed by atoms with E-state index in [-0.39, 0.29) is 11.7 Å². The second kappa shape index (κ2) is 4.83. The lowest BCUT2D eigenvalue weighted by Crippen LogP contribution is -2.39. The van der Waals surface area contributed by atoms with Crippen LogP contribution in [0.4, 0.5) is 0 Å². The Bertz CT molecular complexity index is 697. The standard InChI is InChI=1S/C17H17NO5/c19-11-3-1-10(2-4-11)6-8-18-9-17-7-5-12(23-17)13(16(21)22)14(17)15(18)20/h1-5,7,12-14,19H,6,8-9H2,(H,21,22). The number of amides is 1. The summed E-state index contributed by atoms with van der Waals surface area (Å²) in [5.41, 5.74) is 0.250. The molecule has 3 aliphatic rings. The molecule has 23 heavy (non-hydrogen) atoms. The maximum atomic E-state index is 12.7. The predicted molar refractivity (Wildman–Crippen MR) is 79.8 cm³/mol. The normalized spacial score (nSPS) is 34.2. The number of ether oxygens (including phenoxy) is 1. The van der Waals surface area contributed by atoms with Crippen molar-refractivity contribution in [1.29, 1.82) is 0 Å². The number of aromatic hydroxyl groups is 1. The van der Waals surface area contributed by atoms with Gasteiger partial charge in [0.2, 0.25) is 5.91 Å². The van der Waals surface area contributed by atoms with Crippen LogP contribution in [0.25, 0.3) is 0 Å². The number of hydrogen-bond donors (Lipinski definition) is 2. The van der Waals surface area contributed by atoms with Crippen molar-refractivity contribution in [1.82, 2.24) is 4.90 Å². The van der Waals surface area contributed by atoms with Crippen LogP contribution >= 0.6 is 0 Å². The number of fused-ring (bicyclic) bond motifs is 1. The van der Waals surface area contributed by atoms with Gasteiger partial charge >= 0.3 is 5.97 Å². The molecule has 2 saturated heterocycles. The average molecular weight is 315 g/mol. The van der Waals surface area contributed by atoms with Crippen LogP contribution in [0, 0.1) is 11.8 Å². The first-order chi connectivity index (χ1) is 11.0. The van der Waals surface area contributed by atoms with Gasteiger partial charge in [-0.3, -0.25) is 9.59 Å². The summed E-state index contributed by atoms with van der Waals surface area (Å²) in [6.45, 7) is 0.918. The molecule has 1 amide bonds. The first-order valence-corrected chi connectivity index (χ1v) is 7.67. The first kappa shape index (κ1) is 14.3. The lowest BCUT2D eigenvalue weighted by Gasteiger charge is -2.21. The van der Waals surface area contributed by atoms with Gasteiger partial charge in [-0.2, -0.15) is 0 Å². The minimum Gasteiger partial charge on any atom is -0.508 e. The Balaban J connectivity index is 1.50. The molecule has 2 N–H and O–H groups in total. The molecular weight excluding hydrogens is 298 g/mol. The summed E-state index contributed by atoms with van der Waals surface area (Å²) in [4.78, 5) is 25.9. The highest BCUT2D eigenvalue weighted by Crippen LogP contribution is 2.51. The quantitative estimate of drug-likeness (QED) is 0.803. The van der Waals surface area contributed by atoms with Crippen LogP contribution in [0.5, 0.6) is 5.75 Å². The summed E-state index contributed by atoms with van der Waals surface area (Å²) in [6.07, 6.45) is 3.80. The summed E-state index contributed by atoms with van der Waals surface area (Å²) in [5, 5.41) is 18.7. The zero-order valence-corrected chi connectivity index (χ0v) is 12.4. The van der Waals surface area contributed by atoms with Gasteiger partial charge in [0.1, 0.15) is 17.3 Å². The van der Waals surface area contributed by atoms with Crippen molar-refractivity contribution >= 4 is 11.9 Å². The molecule has 6 nitrogen and oxygen atoms in total. The zero-order chi connectivity index (χ0) is 16.2. The van der Waals surface area contributed by atoms with E-state index in [1.165, 1.54) is 0 Å². The molecule has 4 rings (SSSR count). The van der Waals surface area contributed by atoms with E-state index in [4.69, 9.17) is 4.74 Å². The number of phenols is 1. The molecule has 120 valence electrons. The lowest BCUT2D eigenvalue weighted by atomic mass is 9.77. The number of hydrogen-bond acceptors (Lipinski definition) is 4. The molecule has 0 radical (unpaired) electrons. The van der Waals surface area contributed by atoms with Crippen LogP contribution in [0.1, 0.15) is 5.56 Å². The third-order valence-electron chi connectivity index (χ3n) is 5.07. The van der Waals surface area contributed by atoms with Crippen molar-refractivity contribution in [3.05, 3.63) is 42.0 Å². The van der Waals surface area contributed by atoms with Crippen molar-refractivity contribution in [3.63, 3.8) is 0 Å². The second-order valence-electron chi connectivity index (χ2n) is 6.41. The summed E-state index contributed by atoms with van der Waals surface area (Å²) in [6, 6.07) is 6.86. The molecule has 1 aromatic carbocycles. The van der Waals surface area contributed by atoms with Gasteiger partial charge in [-0.15, -0.1) is 0 Å². The van der Waals surface area contributed by atoms with Gasteiger partial charge in [0.05, 0.1) is 18.6 Å². The van der Waals surface area contributed by atoms with Gasteiger partial charge in [0, 0.05) is 6.54 Å². The second-order valence-corrected chi connectivity index (χ2v) is 6.41. The molecular formula is C17H17NO5. The smallest absolute Gasteiger partial charge is 0.310 e. The molecule has 3 heterocycles. The SMILES string of the molecule is O=C(O)C1C2C=CC3(CN(CCc4ccc(O)cc4)C(=O)C13)O2. The fourth-order valence-corrected chi connectivity index (χ4v) is 3.98. The van der Waals surface area contributed by atoms with Gasteiger partial charge in [0.15, 0.2) is 0 Å². The van der Waals surface area contributed by atoms with Crippen molar-refractivity contribution in [3.8, 4) is 5.75 Å². The van der Waals surface area contributed by atoms with Crippen LogP contribution in [0.2, 0.25) is 0 Å². The fourth-order valence-electron chi connectivity index (χ4n) is 3.98. The Morgan fingerprint density at radius 1 is 1.35 bits per heavy atom. The van der Waals surface area contributed by atoms with Gasteiger partial charge < -0.3 is 19.8 Å². The maximum absolute atomic E-state index is 12.7. The maximum Gasteiger partial charge on any atom is 0.310 e. The fraction of sp³-hybridized carbons (Fsp3) is 0.412. The molecule has 0 aliphatic carbocycles. The van der Waals surface area contributed by atoms with Gasteiger partial charge in [-0.25, -0.2) is 0 Å². The van der Waals surface area contributed by atoms with Gasteiger partial charge in [-0.05, 0) is 24.1 Å². The van der Waals surface area contributed by atoms with Gasteiger partial charge in [-0.1, -0.05) is 24.3 Å². The number of aliphatic carboxylic acids is 1. The largest absolute Gasteiger partial charge is 0.508 e. The lowest BCUT2D eigenvalue weighted by molar-refractivity contribution is -0.148. The third kappa shape index (κ3) is 2.05. The van der Waals surface area contributed by atoms with Crippen LogP contribution in [0.15, 0.2) is 36.4 Å². The molecule has 0 saturated carbocycles. The van der Waals surface area contributed by atoms with E-state index in [0.717, 1.165) is 5.56 Å². The van der Waals surface area contributed by atoms with Crippen molar-refractivity contribution in [2.45, 2.75) is 18.1 Å². The first-order valence-electron chi connectivity index (χ1n) is 7.67.